The summed E-state index contributed by atoms with van der Waals surface area (Å²) in [5.74, 6) is 2.03. The van der Waals surface area contributed by atoms with E-state index in [9.17, 15) is 18.7 Å². The summed E-state index contributed by atoms with van der Waals surface area (Å²) in [4.78, 5) is 25.9. The fourth-order valence-electron chi connectivity index (χ4n) is 5.88. The number of alkyl halides is 2. The van der Waals surface area contributed by atoms with Gasteiger partial charge in [-0.2, -0.15) is 0 Å². The maximum Gasteiger partial charge on any atom is 0.280 e. The lowest BCUT2D eigenvalue weighted by atomic mass is 9.83. The first-order chi connectivity index (χ1) is 17.6. The monoisotopic (exact) mass is 521 g/mol. The van der Waals surface area contributed by atoms with Crippen molar-refractivity contribution in [2.75, 3.05) is 37.6 Å². The Labute approximate surface area is 220 Å². The molecular formula is C28H45F2N5O2. The largest absolute Gasteiger partial charge is 0.393 e. The van der Waals surface area contributed by atoms with Gasteiger partial charge in [-0.1, -0.05) is 20.8 Å². The number of nitrogens with one attached hydrogen (secondary N) is 1. The van der Waals surface area contributed by atoms with Crippen LogP contribution in [0.4, 0.5) is 14.6 Å². The first kappa shape index (κ1) is 28.1. The molecule has 2 N–H and O–H groups in total. The Morgan fingerprint density at radius 3 is 2.27 bits per heavy atom. The zero-order valence-electron chi connectivity index (χ0n) is 22.8. The Bertz CT molecular complexity index is 885. The Balaban J connectivity index is 1.18. The highest BCUT2D eigenvalue weighted by Gasteiger charge is 2.29. The van der Waals surface area contributed by atoms with Crippen molar-refractivity contribution in [3.05, 3.63) is 17.6 Å². The van der Waals surface area contributed by atoms with Crippen LogP contribution in [0.15, 0.2) is 6.07 Å². The molecule has 0 spiro atoms. The summed E-state index contributed by atoms with van der Waals surface area (Å²) in [6.45, 7) is 10.3. The summed E-state index contributed by atoms with van der Waals surface area (Å²) in [6.07, 6.45) is 5.84. The van der Waals surface area contributed by atoms with E-state index in [0.29, 0.717) is 23.6 Å². The SMILES string of the molecule is CC(C)(C)c1nc(C(F)F)cc(N2CCN(CC[C@H]3CC[C@H](NC(=O)[C@H]4CC[C@H](O)CC4)CC3)CC2)n1. The third-order valence-corrected chi connectivity index (χ3v) is 8.44. The topological polar surface area (TPSA) is 81.6 Å². The second-order valence-corrected chi connectivity index (χ2v) is 12.4. The predicted octanol–water partition coefficient (Wildman–Crippen LogP) is 4.45. The number of amides is 1. The van der Waals surface area contributed by atoms with Crippen molar-refractivity contribution in [3.63, 3.8) is 0 Å². The van der Waals surface area contributed by atoms with Crippen molar-refractivity contribution in [1.29, 1.82) is 0 Å². The number of aliphatic hydroxyl groups excluding tert-OH is 1. The molecular weight excluding hydrogens is 476 g/mol. The number of halogens is 2. The minimum absolute atomic E-state index is 0.0733. The number of piperazine rings is 1. The molecule has 0 unspecified atom stereocenters. The van der Waals surface area contributed by atoms with Crippen LogP contribution in [-0.4, -0.2) is 70.8 Å². The molecule has 1 aliphatic heterocycles. The molecule has 3 aliphatic rings. The zero-order valence-corrected chi connectivity index (χ0v) is 22.8. The highest BCUT2D eigenvalue weighted by atomic mass is 19.3. The Morgan fingerprint density at radius 2 is 1.68 bits per heavy atom. The number of hydrogen-bond acceptors (Lipinski definition) is 6. The van der Waals surface area contributed by atoms with Gasteiger partial charge in [0, 0.05) is 49.6 Å². The van der Waals surface area contributed by atoms with E-state index in [2.05, 4.69) is 25.1 Å². The van der Waals surface area contributed by atoms with E-state index >= 15 is 0 Å². The summed E-state index contributed by atoms with van der Waals surface area (Å²) < 4.78 is 26.9. The molecule has 37 heavy (non-hydrogen) atoms. The fraction of sp³-hybridized carbons (Fsp3) is 0.821. The van der Waals surface area contributed by atoms with Gasteiger partial charge in [0.15, 0.2) is 0 Å². The smallest absolute Gasteiger partial charge is 0.280 e. The molecule has 0 bridgehead atoms. The van der Waals surface area contributed by atoms with Crippen molar-refractivity contribution < 1.29 is 18.7 Å². The molecule has 208 valence electrons. The van der Waals surface area contributed by atoms with Gasteiger partial charge in [0.25, 0.3) is 6.43 Å². The Hall–Kier alpha value is -1.87. The van der Waals surface area contributed by atoms with Crippen LogP contribution in [0.2, 0.25) is 0 Å². The number of anilines is 1. The van der Waals surface area contributed by atoms with Crippen LogP contribution >= 0.6 is 0 Å². The normalized spacial score (nSPS) is 27.9. The summed E-state index contributed by atoms with van der Waals surface area (Å²) in [6, 6.07) is 1.74. The third-order valence-electron chi connectivity index (χ3n) is 8.44. The summed E-state index contributed by atoms with van der Waals surface area (Å²) in [7, 11) is 0. The van der Waals surface area contributed by atoms with E-state index in [4.69, 9.17) is 0 Å². The lowest BCUT2D eigenvalue weighted by molar-refractivity contribution is -0.127. The van der Waals surface area contributed by atoms with Crippen LogP contribution in [0, 0.1) is 11.8 Å². The van der Waals surface area contributed by atoms with Crippen molar-refractivity contribution in [2.24, 2.45) is 11.8 Å². The molecule has 0 radical (unpaired) electrons. The van der Waals surface area contributed by atoms with E-state index in [1.165, 1.54) is 12.5 Å². The number of nitrogens with zero attached hydrogens (tertiary/aromatic N) is 4. The van der Waals surface area contributed by atoms with Crippen LogP contribution in [0.1, 0.15) is 96.5 Å². The molecule has 1 aromatic rings. The second kappa shape index (κ2) is 12.3. The number of rotatable bonds is 7. The van der Waals surface area contributed by atoms with Crippen LogP contribution in [-0.2, 0) is 10.2 Å². The van der Waals surface area contributed by atoms with Crippen molar-refractivity contribution >= 4 is 11.7 Å². The van der Waals surface area contributed by atoms with E-state index in [1.807, 2.05) is 20.8 Å². The average Bonchev–Trinajstić information content (AvgIpc) is 2.88. The molecule has 9 heteroatoms. The second-order valence-electron chi connectivity index (χ2n) is 12.4. The standard InChI is InChI=1S/C28H45F2N5O2/c1-28(2,3)27-32-23(25(29)30)18-24(33-27)35-16-14-34(15-17-35)13-12-19-4-8-21(9-5-19)31-26(37)20-6-10-22(36)11-7-20/h18-22,25,36H,4-17H2,1-3H3,(H,31,37)/t19-,20-,21-,22-. The van der Waals surface area contributed by atoms with E-state index in [1.54, 1.807) is 0 Å². The van der Waals surface area contributed by atoms with Crippen molar-refractivity contribution in [2.45, 2.75) is 103 Å². The Kier molecular flexibility index (Phi) is 9.38. The van der Waals surface area contributed by atoms with Gasteiger partial charge in [-0.25, -0.2) is 18.7 Å². The van der Waals surface area contributed by atoms with Gasteiger partial charge in [-0.15, -0.1) is 0 Å². The molecule has 0 aromatic carbocycles. The summed E-state index contributed by atoms with van der Waals surface area (Å²) in [5.41, 5.74) is -0.579. The predicted molar refractivity (Wildman–Crippen MR) is 141 cm³/mol. The van der Waals surface area contributed by atoms with Crippen molar-refractivity contribution in [3.8, 4) is 0 Å². The number of aliphatic hydroxyl groups is 1. The van der Waals surface area contributed by atoms with Crippen LogP contribution < -0.4 is 10.2 Å². The maximum atomic E-state index is 13.5. The van der Waals surface area contributed by atoms with Crippen LogP contribution in [0.5, 0.6) is 0 Å². The minimum atomic E-state index is -2.60. The lowest BCUT2D eigenvalue weighted by Gasteiger charge is -2.37. The Morgan fingerprint density at radius 1 is 1.03 bits per heavy atom. The van der Waals surface area contributed by atoms with E-state index in [0.717, 1.165) is 84.1 Å². The highest BCUT2D eigenvalue weighted by molar-refractivity contribution is 5.79. The number of aromatic nitrogens is 2. The highest BCUT2D eigenvalue weighted by Crippen LogP contribution is 2.30. The van der Waals surface area contributed by atoms with Gasteiger partial charge < -0.3 is 15.3 Å². The molecule has 2 aliphatic carbocycles. The first-order valence-corrected chi connectivity index (χ1v) is 14.2. The number of carbonyl (C=O) groups excluding carboxylic acids is 1. The van der Waals surface area contributed by atoms with Gasteiger partial charge in [-0.3, -0.25) is 9.69 Å². The molecule has 1 amide bonds. The third kappa shape index (κ3) is 7.82. The lowest BCUT2D eigenvalue weighted by Crippen LogP contribution is -2.47. The average molecular weight is 522 g/mol. The number of hydrogen-bond donors (Lipinski definition) is 2. The van der Waals surface area contributed by atoms with E-state index < -0.39 is 6.43 Å². The fourth-order valence-corrected chi connectivity index (χ4v) is 5.88. The quantitative estimate of drug-likeness (QED) is 0.552. The minimum Gasteiger partial charge on any atom is -0.393 e. The molecule has 1 aromatic heterocycles. The molecule has 0 atom stereocenters. The van der Waals surface area contributed by atoms with Gasteiger partial charge in [0.2, 0.25) is 5.91 Å². The van der Waals surface area contributed by atoms with Gasteiger partial charge >= 0.3 is 0 Å². The molecule has 4 rings (SSSR count). The van der Waals surface area contributed by atoms with Gasteiger partial charge in [-0.05, 0) is 70.3 Å². The summed E-state index contributed by atoms with van der Waals surface area (Å²) >= 11 is 0. The van der Waals surface area contributed by atoms with Crippen LogP contribution in [0.25, 0.3) is 0 Å². The summed E-state index contributed by atoms with van der Waals surface area (Å²) in [5, 5.41) is 12.9. The zero-order chi connectivity index (χ0) is 26.6. The molecule has 1 saturated heterocycles. The molecule has 2 saturated carbocycles. The van der Waals surface area contributed by atoms with Gasteiger partial charge in [0.05, 0.1) is 6.10 Å². The molecule has 7 nitrogen and oxygen atoms in total. The molecule has 3 fully saturated rings. The van der Waals surface area contributed by atoms with Gasteiger partial charge in [0.1, 0.15) is 17.3 Å². The van der Waals surface area contributed by atoms with Crippen LogP contribution in [0.3, 0.4) is 0 Å². The van der Waals surface area contributed by atoms with Crippen molar-refractivity contribution in [1.82, 2.24) is 20.2 Å². The molecule has 2 heterocycles. The number of carbonyl (C=O) groups is 1. The van der Waals surface area contributed by atoms with E-state index in [-0.39, 0.29) is 29.0 Å². The first-order valence-electron chi connectivity index (χ1n) is 14.2. The maximum absolute atomic E-state index is 13.5.